The maximum absolute atomic E-state index is 12.0. The lowest BCUT2D eigenvalue weighted by atomic mass is 10.0. The van der Waals surface area contributed by atoms with Gasteiger partial charge in [0, 0.05) is 18.6 Å². The predicted molar refractivity (Wildman–Crippen MR) is 66.3 cm³/mol. The van der Waals surface area contributed by atoms with Gasteiger partial charge in [0.05, 0.1) is 0 Å². The molecule has 1 heterocycles. The molecule has 3 N–H and O–H groups in total. The lowest BCUT2D eigenvalue weighted by Gasteiger charge is -2.29. The Hall–Kier alpha value is -0.770. The van der Waals surface area contributed by atoms with Crippen LogP contribution < -0.4 is 11.1 Å². The van der Waals surface area contributed by atoms with Crippen molar-refractivity contribution in [1.29, 1.82) is 0 Å². The number of nitrogens with zero attached hydrogens (tertiary/aromatic N) is 1. The highest BCUT2D eigenvalue weighted by molar-refractivity contribution is 5.75. The molecule has 16 heavy (non-hydrogen) atoms. The van der Waals surface area contributed by atoms with Gasteiger partial charge in [0.1, 0.15) is 0 Å². The molecular formula is C12H25N3O. The van der Waals surface area contributed by atoms with Gasteiger partial charge in [-0.05, 0) is 46.1 Å². The van der Waals surface area contributed by atoms with Gasteiger partial charge in [-0.3, -0.25) is 0 Å². The van der Waals surface area contributed by atoms with E-state index in [-0.39, 0.29) is 11.6 Å². The third kappa shape index (κ3) is 4.39. The van der Waals surface area contributed by atoms with Crippen molar-refractivity contribution in [3.63, 3.8) is 0 Å². The van der Waals surface area contributed by atoms with E-state index < -0.39 is 0 Å². The van der Waals surface area contributed by atoms with Gasteiger partial charge < -0.3 is 16.0 Å². The number of carbonyl (C=O) groups excluding carboxylic acids is 1. The molecule has 0 aromatic rings. The molecule has 0 radical (unpaired) electrons. The maximum Gasteiger partial charge on any atom is 0.317 e. The first-order valence-electron chi connectivity index (χ1n) is 6.19. The van der Waals surface area contributed by atoms with Crippen LogP contribution in [-0.2, 0) is 0 Å². The first-order valence-corrected chi connectivity index (χ1v) is 6.19. The summed E-state index contributed by atoms with van der Waals surface area (Å²) in [5.41, 5.74) is 5.54. The molecule has 1 rings (SSSR count). The summed E-state index contributed by atoms with van der Waals surface area (Å²) in [6.45, 7) is 8.35. The zero-order valence-electron chi connectivity index (χ0n) is 10.8. The number of hydrogen-bond acceptors (Lipinski definition) is 2. The Morgan fingerprint density at radius 1 is 1.44 bits per heavy atom. The number of nitrogens with two attached hydrogens (primary N) is 1. The summed E-state index contributed by atoms with van der Waals surface area (Å²) >= 11 is 0. The average molecular weight is 227 g/mol. The lowest BCUT2D eigenvalue weighted by Crippen LogP contribution is -2.49. The molecular weight excluding hydrogens is 202 g/mol. The topological polar surface area (TPSA) is 58.4 Å². The molecule has 1 unspecified atom stereocenters. The second-order valence-corrected chi connectivity index (χ2v) is 5.72. The van der Waals surface area contributed by atoms with Gasteiger partial charge in [-0.15, -0.1) is 0 Å². The number of likely N-dealkylation sites (tertiary alicyclic amines) is 1. The molecule has 0 aromatic carbocycles. The fraction of sp³-hybridized carbons (Fsp3) is 0.917. The molecule has 1 saturated heterocycles. The van der Waals surface area contributed by atoms with Crippen molar-refractivity contribution < 1.29 is 4.79 Å². The van der Waals surface area contributed by atoms with Crippen molar-refractivity contribution in [3.05, 3.63) is 0 Å². The smallest absolute Gasteiger partial charge is 0.317 e. The molecule has 0 aliphatic carbocycles. The van der Waals surface area contributed by atoms with E-state index in [0.717, 1.165) is 25.9 Å². The quantitative estimate of drug-likeness (QED) is 0.714. The largest absolute Gasteiger partial charge is 0.333 e. The van der Waals surface area contributed by atoms with Gasteiger partial charge in [0.25, 0.3) is 0 Å². The predicted octanol–water partition coefficient (Wildman–Crippen LogP) is 1.56. The molecule has 1 aliphatic rings. The van der Waals surface area contributed by atoms with Crippen LogP contribution in [0.2, 0.25) is 0 Å². The van der Waals surface area contributed by atoms with E-state index >= 15 is 0 Å². The minimum Gasteiger partial charge on any atom is -0.333 e. The first-order chi connectivity index (χ1) is 7.42. The van der Waals surface area contributed by atoms with Gasteiger partial charge in [-0.25, -0.2) is 4.79 Å². The number of urea groups is 1. The van der Waals surface area contributed by atoms with Crippen molar-refractivity contribution in [1.82, 2.24) is 10.2 Å². The Kier molecular flexibility index (Phi) is 4.59. The summed E-state index contributed by atoms with van der Waals surface area (Å²) in [5, 5.41) is 3.01. The first kappa shape index (κ1) is 13.3. The third-order valence-corrected chi connectivity index (χ3v) is 2.87. The molecule has 4 nitrogen and oxygen atoms in total. The van der Waals surface area contributed by atoms with Crippen LogP contribution in [0.5, 0.6) is 0 Å². The van der Waals surface area contributed by atoms with Gasteiger partial charge in [0.15, 0.2) is 0 Å². The van der Waals surface area contributed by atoms with Crippen LogP contribution in [0.4, 0.5) is 4.79 Å². The fourth-order valence-corrected chi connectivity index (χ4v) is 2.01. The van der Waals surface area contributed by atoms with E-state index in [1.54, 1.807) is 0 Å². The van der Waals surface area contributed by atoms with Gasteiger partial charge in [-0.2, -0.15) is 0 Å². The number of rotatable bonds is 1. The molecule has 1 aliphatic heterocycles. The molecule has 0 aromatic heterocycles. The van der Waals surface area contributed by atoms with Crippen LogP contribution in [0.15, 0.2) is 0 Å². The monoisotopic (exact) mass is 227 g/mol. The van der Waals surface area contributed by atoms with Crippen LogP contribution >= 0.6 is 0 Å². The maximum atomic E-state index is 12.0. The summed E-state index contributed by atoms with van der Waals surface area (Å²) < 4.78 is 0. The van der Waals surface area contributed by atoms with Crippen molar-refractivity contribution in [2.45, 2.75) is 45.6 Å². The Morgan fingerprint density at radius 3 is 2.69 bits per heavy atom. The molecule has 94 valence electrons. The molecule has 4 heteroatoms. The Morgan fingerprint density at radius 2 is 2.12 bits per heavy atom. The van der Waals surface area contributed by atoms with Crippen LogP contribution in [0.1, 0.15) is 40.0 Å². The van der Waals surface area contributed by atoms with E-state index in [9.17, 15) is 4.79 Å². The SMILES string of the molecule is CC(C)(C)NC(=O)N1CCCCC(CN)C1. The van der Waals surface area contributed by atoms with Crippen molar-refractivity contribution in [2.75, 3.05) is 19.6 Å². The Balaban J connectivity index is 2.53. The van der Waals surface area contributed by atoms with Crippen molar-refractivity contribution in [2.24, 2.45) is 11.7 Å². The number of hydrogen-bond donors (Lipinski definition) is 2. The highest BCUT2D eigenvalue weighted by atomic mass is 16.2. The van der Waals surface area contributed by atoms with Gasteiger partial charge in [-0.1, -0.05) is 6.42 Å². The molecule has 2 amide bonds. The van der Waals surface area contributed by atoms with Crippen LogP contribution in [0.3, 0.4) is 0 Å². The molecule has 0 saturated carbocycles. The van der Waals surface area contributed by atoms with E-state index in [0.29, 0.717) is 12.5 Å². The number of amides is 2. The normalized spacial score (nSPS) is 22.8. The zero-order valence-corrected chi connectivity index (χ0v) is 10.8. The minimum absolute atomic E-state index is 0.0489. The highest BCUT2D eigenvalue weighted by Gasteiger charge is 2.23. The summed E-state index contributed by atoms with van der Waals surface area (Å²) in [5.74, 6) is 0.466. The summed E-state index contributed by atoms with van der Waals surface area (Å²) in [4.78, 5) is 13.9. The van der Waals surface area contributed by atoms with Gasteiger partial charge >= 0.3 is 6.03 Å². The Bertz CT molecular complexity index is 235. The fourth-order valence-electron chi connectivity index (χ4n) is 2.01. The summed E-state index contributed by atoms with van der Waals surface area (Å²) in [7, 11) is 0. The summed E-state index contributed by atoms with van der Waals surface area (Å²) in [6.07, 6.45) is 3.42. The van der Waals surface area contributed by atoms with Crippen molar-refractivity contribution in [3.8, 4) is 0 Å². The van der Waals surface area contributed by atoms with E-state index in [4.69, 9.17) is 5.73 Å². The molecule has 1 atom stereocenters. The van der Waals surface area contributed by atoms with Gasteiger partial charge in [0.2, 0.25) is 0 Å². The Labute approximate surface area is 98.6 Å². The number of carbonyl (C=O) groups is 1. The van der Waals surface area contributed by atoms with E-state index in [2.05, 4.69) is 5.32 Å². The third-order valence-electron chi connectivity index (χ3n) is 2.87. The lowest BCUT2D eigenvalue weighted by molar-refractivity contribution is 0.184. The van der Waals surface area contributed by atoms with E-state index in [1.165, 1.54) is 6.42 Å². The van der Waals surface area contributed by atoms with Crippen molar-refractivity contribution >= 4 is 6.03 Å². The average Bonchev–Trinajstić information content (AvgIpc) is 2.39. The molecule has 0 spiro atoms. The molecule has 1 fully saturated rings. The van der Waals surface area contributed by atoms with E-state index in [1.807, 2.05) is 25.7 Å². The summed E-state index contributed by atoms with van der Waals surface area (Å²) in [6, 6.07) is 0.0489. The standard InChI is InChI=1S/C12H25N3O/c1-12(2,3)14-11(16)15-7-5-4-6-10(8-13)9-15/h10H,4-9,13H2,1-3H3,(H,14,16). The van der Waals surface area contributed by atoms with Crippen LogP contribution in [0.25, 0.3) is 0 Å². The van der Waals surface area contributed by atoms with Crippen LogP contribution in [0, 0.1) is 5.92 Å². The second-order valence-electron chi connectivity index (χ2n) is 5.72. The van der Waals surface area contributed by atoms with Crippen LogP contribution in [-0.4, -0.2) is 36.1 Å². The zero-order chi connectivity index (χ0) is 12.2. The number of nitrogens with one attached hydrogen (secondary N) is 1. The minimum atomic E-state index is -0.165. The second kappa shape index (κ2) is 5.53. The highest BCUT2D eigenvalue weighted by Crippen LogP contribution is 2.16. The molecule has 0 bridgehead atoms.